The number of amides is 2. The van der Waals surface area contributed by atoms with Crippen LogP contribution in [-0.2, 0) is 19.4 Å². The fourth-order valence-corrected chi connectivity index (χ4v) is 4.66. The Bertz CT molecular complexity index is 543. The van der Waals surface area contributed by atoms with E-state index in [0.717, 1.165) is 0 Å². The van der Waals surface area contributed by atoms with Crippen molar-refractivity contribution in [3.63, 3.8) is 0 Å². The number of hydrogen-bond acceptors (Lipinski definition) is 6. The number of hydrogen-bond donors (Lipinski definition) is 0. The summed E-state index contributed by atoms with van der Waals surface area (Å²) in [5.41, 5.74) is 0. The SMILES string of the molecule is CCOC(=O)N1CCN(CC(=O)N(C)C2CCS(=O)(=O)C2)CC1. The van der Waals surface area contributed by atoms with Gasteiger partial charge in [-0.1, -0.05) is 0 Å². The third-order valence-corrected chi connectivity index (χ3v) is 6.16. The van der Waals surface area contributed by atoms with Gasteiger partial charge in [-0.2, -0.15) is 0 Å². The zero-order valence-corrected chi connectivity index (χ0v) is 14.5. The topological polar surface area (TPSA) is 87.2 Å². The van der Waals surface area contributed by atoms with Crippen LogP contribution < -0.4 is 0 Å². The Balaban J connectivity index is 1.77. The van der Waals surface area contributed by atoms with Crippen molar-refractivity contribution in [2.75, 3.05) is 57.9 Å². The van der Waals surface area contributed by atoms with Gasteiger partial charge in [0.05, 0.1) is 24.7 Å². The van der Waals surface area contributed by atoms with E-state index >= 15 is 0 Å². The van der Waals surface area contributed by atoms with Gasteiger partial charge in [0.25, 0.3) is 0 Å². The van der Waals surface area contributed by atoms with E-state index in [-0.39, 0.29) is 36.1 Å². The second-order valence-corrected chi connectivity index (χ2v) is 8.25. The summed E-state index contributed by atoms with van der Waals surface area (Å²) in [7, 11) is -1.33. The number of likely N-dealkylation sites (N-methyl/N-ethyl adjacent to an activating group) is 1. The predicted molar refractivity (Wildman–Crippen MR) is 84.9 cm³/mol. The van der Waals surface area contributed by atoms with Crippen molar-refractivity contribution < 1.29 is 22.7 Å². The Labute approximate surface area is 137 Å². The van der Waals surface area contributed by atoms with Gasteiger partial charge < -0.3 is 14.5 Å². The highest BCUT2D eigenvalue weighted by molar-refractivity contribution is 7.91. The molecule has 2 heterocycles. The van der Waals surface area contributed by atoms with Crippen molar-refractivity contribution in [1.82, 2.24) is 14.7 Å². The Morgan fingerprint density at radius 2 is 1.87 bits per heavy atom. The standard InChI is InChI=1S/C14H25N3O5S/c1-3-22-14(19)17-7-5-16(6-8-17)10-13(18)15(2)12-4-9-23(20,21)11-12/h12H,3-11H2,1-2H3. The molecule has 0 saturated carbocycles. The maximum absolute atomic E-state index is 12.3. The predicted octanol–water partition coefficient (Wildman–Crippen LogP) is -0.594. The molecule has 9 heteroatoms. The summed E-state index contributed by atoms with van der Waals surface area (Å²) in [6.07, 6.45) is 0.202. The van der Waals surface area contributed by atoms with Gasteiger partial charge in [0.15, 0.2) is 9.84 Å². The highest BCUT2D eigenvalue weighted by atomic mass is 32.2. The molecule has 2 saturated heterocycles. The minimum Gasteiger partial charge on any atom is -0.450 e. The lowest BCUT2D eigenvalue weighted by molar-refractivity contribution is -0.133. The third kappa shape index (κ3) is 4.81. The van der Waals surface area contributed by atoms with Crippen LogP contribution >= 0.6 is 0 Å². The summed E-state index contributed by atoms with van der Waals surface area (Å²) in [4.78, 5) is 29.1. The first-order chi connectivity index (χ1) is 10.8. The van der Waals surface area contributed by atoms with Crippen LogP contribution in [0, 0.1) is 0 Å². The van der Waals surface area contributed by atoms with E-state index < -0.39 is 9.84 Å². The molecule has 2 amide bonds. The van der Waals surface area contributed by atoms with Crippen molar-refractivity contribution in [2.45, 2.75) is 19.4 Å². The number of rotatable bonds is 4. The Hall–Kier alpha value is -1.35. The summed E-state index contributed by atoms with van der Waals surface area (Å²) in [6, 6.07) is -0.215. The molecule has 132 valence electrons. The number of ether oxygens (including phenoxy) is 1. The summed E-state index contributed by atoms with van der Waals surface area (Å²) >= 11 is 0. The van der Waals surface area contributed by atoms with Gasteiger partial charge in [0.1, 0.15) is 0 Å². The van der Waals surface area contributed by atoms with Crippen molar-refractivity contribution in [3.8, 4) is 0 Å². The van der Waals surface area contributed by atoms with E-state index in [0.29, 0.717) is 39.2 Å². The van der Waals surface area contributed by atoms with Gasteiger partial charge in [-0.05, 0) is 13.3 Å². The van der Waals surface area contributed by atoms with E-state index in [1.807, 2.05) is 4.90 Å². The van der Waals surface area contributed by atoms with Crippen molar-refractivity contribution >= 4 is 21.8 Å². The van der Waals surface area contributed by atoms with Crippen LogP contribution in [0.4, 0.5) is 4.79 Å². The number of nitrogens with zero attached hydrogens (tertiary/aromatic N) is 3. The Morgan fingerprint density at radius 1 is 1.22 bits per heavy atom. The zero-order valence-electron chi connectivity index (χ0n) is 13.7. The van der Waals surface area contributed by atoms with Crippen LogP contribution in [-0.4, -0.2) is 99.0 Å². The molecule has 0 N–H and O–H groups in total. The van der Waals surface area contributed by atoms with Gasteiger partial charge in [-0.3, -0.25) is 9.69 Å². The fraction of sp³-hybridized carbons (Fsp3) is 0.857. The van der Waals surface area contributed by atoms with E-state index in [2.05, 4.69) is 0 Å². The second-order valence-electron chi connectivity index (χ2n) is 6.02. The molecule has 2 aliphatic rings. The minimum atomic E-state index is -2.99. The molecular weight excluding hydrogens is 322 g/mol. The lowest BCUT2D eigenvalue weighted by Gasteiger charge is -2.35. The van der Waals surface area contributed by atoms with Crippen LogP contribution in [0.25, 0.3) is 0 Å². The lowest BCUT2D eigenvalue weighted by Crippen LogP contribution is -2.52. The van der Waals surface area contributed by atoms with E-state index in [4.69, 9.17) is 4.74 Å². The smallest absolute Gasteiger partial charge is 0.409 e. The van der Waals surface area contributed by atoms with E-state index in [1.54, 1.807) is 23.8 Å². The maximum Gasteiger partial charge on any atom is 0.409 e. The molecule has 0 bridgehead atoms. The molecule has 8 nitrogen and oxygen atoms in total. The highest BCUT2D eigenvalue weighted by Crippen LogP contribution is 2.17. The molecule has 1 atom stereocenters. The number of carbonyl (C=O) groups is 2. The van der Waals surface area contributed by atoms with Gasteiger partial charge >= 0.3 is 6.09 Å². The number of sulfone groups is 1. The molecule has 2 aliphatic heterocycles. The molecule has 0 radical (unpaired) electrons. The first-order valence-electron chi connectivity index (χ1n) is 7.92. The first kappa shape index (κ1) is 18.0. The summed E-state index contributed by atoms with van der Waals surface area (Å²) in [6.45, 7) is 4.67. The second kappa shape index (κ2) is 7.48. The Morgan fingerprint density at radius 3 is 2.39 bits per heavy atom. The quantitative estimate of drug-likeness (QED) is 0.675. The third-order valence-electron chi connectivity index (χ3n) is 4.41. The molecule has 0 spiro atoms. The van der Waals surface area contributed by atoms with Crippen molar-refractivity contribution in [3.05, 3.63) is 0 Å². The van der Waals surface area contributed by atoms with Gasteiger partial charge in [-0.25, -0.2) is 13.2 Å². The van der Waals surface area contributed by atoms with E-state index in [9.17, 15) is 18.0 Å². The first-order valence-corrected chi connectivity index (χ1v) is 9.74. The lowest BCUT2D eigenvalue weighted by atomic mass is 10.2. The molecule has 0 aromatic carbocycles. The van der Waals surface area contributed by atoms with Gasteiger partial charge in [-0.15, -0.1) is 0 Å². The molecule has 0 aromatic rings. The minimum absolute atomic E-state index is 0.0614. The summed E-state index contributed by atoms with van der Waals surface area (Å²) < 4.78 is 28.0. The average Bonchev–Trinajstić information content (AvgIpc) is 2.87. The van der Waals surface area contributed by atoms with Crippen LogP contribution in [0.1, 0.15) is 13.3 Å². The summed E-state index contributed by atoms with van der Waals surface area (Å²) in [5, 5.41) is 0. The van der Waals surface area contributed by atoms with Crippen LogP contribution in [0.2, 0.25) is 0 Å². The maximum atomic E-state index is 12.3. The van der Waals surface area contributed by atoms with E-state index in [1.165, 1.54) is 0 Å². The summed E-state index contributed by atoms with van der Waals surface area (Å²) in [5.74, 6) is 0.149. The van der Waals surface area contributed by atoms with Gasteiger partial charge in [0.2, 0.25) is 5.91 Å². The largest absolute Gasteiger partial charge is 0.450 e. The number of piperazine rings is 1. The number of carbonyl (C=O) groups excluding carboxylic acids is 2. The van der Waals surface area contributed by atoms with Crippen LogP contribution in [0.5, 0.6) is 0 Å². The Kier molecular flexibility index (Phi) is 5.85. The molecule has 23 heavy (non-hydrogen) atoms. The van der Waals surface area contributed by atoms with Crippen LogP contribution in [0.15, 0.2) is 0 Å². The molecule has 2 rings (SSSR count). The molecule has 0 aromatic heterocycles. The molecule has 2 fully saturated rings. The average molecular weight is 347 g/mol. The normalized spacial score (nSPS) is 24.4. The molecule has 0 aliphatic carbocycles. The molecule has 1 unspecified atom stereocenters. The fourth-order valence-electron chi connectivity index (χ4n) is 2.89. The highest BCUT2D eigenvalue weighted by Gasteiger charge is 2.33. The van der Waals surface area contributed by atoms with Crippen molar-refractivity contribution in [1.29, 1.82) is 0 Å². The zero-order chi connectivity index (χ0) is 17.0. The van der Waals surface area contributed by atoms with Gasteiger partial charge in [0, 0.05) is 39.3 Å². The van der Waals surface area contributed by atoms with Crippen molar-refractivity contribution in [2.24, 2.45) is 0 Å². The monoisotopic (exact) mass is 347 g/mol. The molecular formula is C14H25N3O5S. The van der Waals surface area contributed by atoms with Crippen LogP contribution in [0.3, 0.4) is 0 Å².